The predicted molar refractivity (Wildman–Crippen MR) is 65.0 cm³/mol. The van der Waals surface area contributed by atoms with Crippen LogP contribution in [0.25, 0.3) is 0 Å². The van der Waals surface area contributed by atoms with E-state index in [1.165, 1.54) is 4.90 Å². The molecule has 1 atom stereocenters. The average Bonchev–Trinajstić information content (AvgIpc) is 2.58. The van der Waals surface area contributed by atoms with Gasteiger partial charge in [0.15, 0.2) is 0 Å². The van der Waals surface area contributed by atoms with Gasteiger partial charge < -0.3 is 5.73 Å². The quantitative estimate of drug-likeness (QED) is 0.691. The Hall–Kier alpha value is -1.74. The van der Waals surface area contributed by atoms with Gasteiger partial charge in [0, 0.05) is 24.7 Å². The number of amides is 1. The van der Waals surface area contributed by atoms with Crippen LogP contribution < -0.4 is 15.8 Å². The molecule has 18 heavy (non-hydrogen) atoms. The van der Waals surface area contributed by atoms with Crippen LogP contribution in [0.15, 0.2) is 6.07 Å². The first kappa shape index (κ1) is 12.7. The Morgan fingerprint density at radius 1 is 1.44 bits per heavy atom. The maximum atomic E-state index is 11.8. The third kappa shape index (κ3) is 2.41. The van der Waals surface area contributed by atoms with E-state index in [2.05, 4.69) is 9.97 Å². The van der Waals surface area contributed by atoms with E-state index >= 15 is 0 Å². The number of hydrogen-bond acceptors (Lipinski definition) is 6. The molecule has 1 amide bonds. The van der Waals surface area contributed by atoms with Gasteiger partial charge in [0.1, 0.15) is 11.1 Å². The maximum absolute atomic E-state index is 11.8. The monoisotopic (exact) mass is 271 g/mol. The van der Waals surface area contributed by atoms with Crippen molar-refractivity contribution in [2.75, 3.05) is 17.2 Å². The highest BCUT2D eigenvalue weighted by atomic mass is 32.2. The van der Waals surface area contributed by atoms with Gasteiger partial charge in [-0.25, -0.2) is 18.5 Å². The Labute approximate surface area is 104 Å². The first-order valence-corrected chi connectivity index (χ1v) is 6.81. The number of anilines is 2. The average molecular weight is 271 g/mol. The molecule has 1 unspecified atom stereocenters. The van der Waals surface area contributed by atoms with Crippen molar-refractivity contribution in [3.05, 3.63) is 11.8 Å². The molecule has 8 nitrogen and oxygen atoms in total. The summed E-state index contributed by atoms with van der Waals surface area (Å²) < 4.78 is 22.5. The van der Waals surface area contributed by atoms with E-state index in [0.717, 1.165) is 0 Å². The number of nitrogens with two attached hydrogens (primary N) is 2. The van der Waals surface area contributed by atoms with Gasteiger partial charge in [-0.3, -0.25) is 9.69 Å². The number of aromatic nitrogens is 2. The van der Waals surface area contributed by atoms with Gasteiger partial charge in [-0.2, -0.15) is 4.98 Å². The number of hydrogen-bond donors (Lipinski definition) is 2. The Kier molecular flexibility index (Phi) is 2.95. The molecule has 0 bridgehead atoms. The normalized spacial score (nSPS) is 20.4. The fourth-order valence-electron chi connectivity index (χ4n) is 1.83. The summed E-state index contributed by atoms with van der Waals surface area (Å²) in [6.45, 7) is 1.70. The van der Waals surface area contributed by atoms with E-state index in [9.17, 15) is 13.2 Å². The number of carbonyl (C=O) groups excluding carboxylic acids is 1. The van der Waals surface area contributed by atoms with Crippen molar-refractivity contribution in [1.82, 2.24) is 9.97 Å². The van der Waals surface area contributed by atoms with E-state index in [0.29, 0.717) is 11.5 Å². The molecule has 1 aromatic rings. The Bertz CT molecular complexity index is 580. The zero-order valence-corrected chi connectivity index (χ0v) is 10.5. The molecule has 0 spiro atoms. The molecular formula is C9H13N5O3S. The summed E-state index contributed by atoms with van der Waals surface area (Å²) in [6.07, 6.45) is -0.137. The number of primary sulfonamides is 1. The number of nitrogen functional groups attached to an aromatic ring is 1. The summed E-state index contributed by atoms with van der Waals surface area (Å²) in [5, 5.41) is 4.14. The molecule has 4 N–H and O–H groups in total. The van der Waals surface area contributed by atoms with Crippen molar-refractivity contribution < 1.29 is 13.2 Å². The molecule has 0 aliphatic carbocycles. The summed E-state index contributed by atoms with van der Waals surface area (Å²) in [5.41, 5.74) is 6.09. The lowest BCUT2D eigenvalue weighted by Gasteiger charge is -2.15. The van der Waals surface area contributed by atoms with Crippen molar-refractivity contribution >= 4 is 27.7 Å². The van der Waals surface area contributed by atoms with Crippen molar-refractivity contribution in [3.63, 3.8) is 0 Å². The molecule has 0 radical (unpaired) electrons. The van der Waals surface area contributed by atoms with Crippen molar-refractivity contribution in [2.24, 2.45) is 5.14 Å². The van der Waals surface area contributed by atoms with E-state index in [-0.39, 0.29) is 24.8 Å². The summed E-state index contributed by atoms with van der Waals surface area (Å²) >= 11 is 0. The van der Waals surface area contributed by atoms with Crippen LogP contribution in [-0.4, -0.2) is 36.1 Å². The number of nitrogens with zero attached hydrogens (tertiary/aromatic N) is 3. The van der Waals surface area contributed by atoms with Gasteiger partial charge in [-0.1, -0.05) is 0 Å². The molecule has 0 saturated carbocycles. The number of carbonyl (C=O) groups is 1. The Balaban J connectivity index is 2.32. The maximum Gasteiger partial charge on any atom is 0.229 e. The Morgan fingerprint density at radius 2 is 2.11 bits per heavy atom. The molecule has 1 aliphatic heterocycles. The minimum atomic E-state index is -3.73. The molecule has 1 aromatic heterocycles. The van der Waals surface area contributed by atoms with Crippen molar-refractivity contribution in [2.45, 2.75) is 18.6 Å². The summed E-state index contributed by atoms with van der Waals surface area (Å²) in [4.78, 5) is 20.8. The highest BCUT2D eigenvalue weighted by molar-refractivity contribution is 7.89. The molecule has 98 valence electrons. The lowest BCUT2D eigenvalue weighted by atomic mass is 10.4. The van der Waals surface area contributed by atoms with Crippen LogP contribution in [0.4, 0.5) is 11.8 Å². The fraction of sp³-hybridized carbons (Fsp3) is 0.444. The molecular weight excluding hydrogens is 258 g/mol. The predicted octanol–water partition coefficient (Wildman–Crippen LogP) is -1.24. The van der Waals surface area contributed by atoms with Crippen molar-refractivity contribution in [1.29, 1.82) is 0 Å². The lowest BCUT2D eigenvalue weighted by molar-refractivity contribution is -0.117. The topological polar surface area (TPSA) is 132 Å². The summed E-state index contributed by atoms with van der Waals surface area (Å²) in [5.74, 6) is -0.000435. The minimum Gasteiger partial charge on any atom is -0.368 e. The molecule has 2 rings (SSSR count). The zero-order valence-electron chi connectivity index (χ0n) is 9.70. The molecule has 1 fully saturated rings. The second-order valence-corrected chi connectivity index (χ2v) is 5.99. The number of aryl methyl sites for hydroxylation is 1. The smallest absolute Gasteiger partial charge is 0.229 e. The third-order valence-electron chi connectivity index (χ3n) is 2.69. The van der Waals surface area contributed by atoms with Gasteiger partial charge in [-0.05, 0) is 6.92 Å². The number of rotatable bonds is 2. The first-order valence-electron chi connectivity index (χ1n) is 5.20. The minimum absolute atomic E-state index is 0.00639. The van der Waals surface area contributed by atoms with Crippen LogP contribution in [0.2, 0.25) is 0 Å². The van der Waals surface area contributed by atoms with Gasteiger partial charge in [-0.15, -0.1) is 0 Å². The van der Waals surface area contributed by atoms with Crippen LogP contribution >= 0.6 is 0 Å². The van der Waals surface area contributed by atoms with Gasteiger partial charge in [0.2, 0.25) is 21.9 Å². The van der Waals surface area contributed by atoms with Crippen LogP contribution in [0, 0.1) is 6.92 Å². The lowest BCUT2D eigenvalue weighted by Crippen LogP contribution is -2.32. The number of sulfonamides is 1. The first-order chi connectivity index (χ1) is 8.27. The van der Waals surface area contributed by atoms with Crippen LogP contribution in [0.1, 0.15) is 12.1 Å². The van der Waals surface area contributed by atoms with E-state index in [1.54, 1.807) is 13.0 Å². The van der Waals surface area contributed by atoms with Crippen LogP contribution in [-0.2, 0) is 14.8 Å². The molecule has 0 aromatic carbocycles. The highest BCUT2D eigenvalue weighted by Gasteiger charge is 2.37. The zero-order chi connectivity index (χ0) is 13.5. The second kappa shape index (κ2) is 4.18. The van der Waals surface area contributed by atoms with Crippen LogP contribution in [0.3, 0.4) is 0 Å². The van der Waals surface area contributed by atoms with E-state index in [1.807, 2.05) is 0 Å². The SMILES string of the molecule is Cc1cc(N2CC(S(N)(=O)=O)CC2=O)nc(N)n1. The molecule has 1 aliphatic rings. The van der Waals surface area contributed by atoms with E-state index < -0.39 is 15.3 Å². The fourth-order valence-corrected chi connectivity index (χ4v) is 2.56. The molecule has 2 heterocycles. The molecule has 9 heteroatoms. The van der Waals surface area contributed by atoms with E-state index in [4.69, 9.17) is 10.9 Å². The second-order valence-electron chi connectivity index (χ2n) is 4.15. The highest BCUT2D eigenvalue weighted by Crippen LogP contribution is 2.23. The van der Waals surface area contributed by atoms with Gasteiger partial charge in [0.25, 0.3) is 0 Å². The largest absolute Gasteiger partial charge is 0.368 e. The molecule has 1 saturated heterocycles. The van der Waals surface area contributed by atoms with Crippen molar-refractivity contribution in [3.8, 4) is 0 Å². The standard InChI is InChI=1S/C9H13N5O3S/c1-5-2-7(13-9(10)12-5)14-4-6(3-8(14)15)18(11,16)17/h2,6H,3-4H2,1H3,(H2,10,12,13)(H2,11,16,17). The third-order valence-corrected chi connectivity index (χ3v) is 3.93. The van der Waals surface area contributed by atoms with Crippen LogP contribution in [0.5, 0.6) is 0 Å². The van der Waals surface area contributed by atoms with Gasteiger partial charge in [0.05, 0.1) is 0 Å². The summed E-state index contributed by atoms with van der Waals surface area (Å²) in [6, 6.07) is 1.57. The van der Waals surface area contributed by atoms with Gasteiger partial charge >= 0.3 is 0 Å². The Morgan fingerprint density at radius 3 is 2.61 bits per heavy atom. The summed E-state index contributed by atoms with van der Waals surface area (Å²) in [7, 11) is -3.73.